The van der Waals surface area contributed by atoms with Gasteiger partial charge in [0.05, 0.1) is 17.3 Å². The summed E-state index contributed by atoms with van der Waals surface area (Å²) in [7, 11) is 0. The molecule has 0 aliphatic rings. The van der Waals surface area contributed by atoms with Crippen LogP contribution in [0.2, 0.25) is 0 Å². The minimum Gasteiger partial charge on any atom is -0.256 e. The molecule has 2 aromatic rings. The molecule has 0 N–H and O–H groups in total. The van der Waals surface area contributed by atoms with E-state index in [1.54, 1.807) is 12.3 Å². The molecule has 0 saturated heterocycles. The highest BCUT2D eigenvalue weighted by molar-refractivity contribution is 5.64. The number of hydrogen-bond acceptors (Lipinski definition) is 2. The zero-order chi connectivity index (χ0) is 10.7. The van der Waals surface area contributed by atoms with E-state index in [0.29, 0.717) is 5.56 Å². The van der Waals surface area contributed by atoms with E-state index in [-0.39, 0.29) is 0 Å². The lowest BCUT2D eigenvalue weighted by Crippen LogP contribution is -1.87. The van der Waals surface area contributed by atoms with E-state index in [1.807, 2.05) is 37.3 Å². The Morgan fingerprint density at radius 3 is 2.73 bits per heavy atom. The van der Waals surface area contributed by atoms with Crippen LogP contribution in [0.15, 0.2) is 42.6 Å². The smallest absolute Gasteiger partial charge is 0.0992 e. The Bertz CT molecular complexity index is 524. The minimum atomic E-state index is 0.642. The monoisotopic (exact) mass is 194 g/mol. The first-order chi connectivity index (χ1) is 7.31. The maximum absolute atomic E-state index is 8.80. The number of hydrogen-bond donors (Lipinski definition) is 0. The quantitative estimate of drug-likeness (QED) is 0.699. The van der Waals surface area contributed by atoms with Crippen LogP contribution >= 0.6 is 0 Å². The van der Waals surface area contributed by atoms with Crippen molar-refractivity contribution >= 4 is 0 Å². The first-order valence-electron chi connectivity index (χ1n) is 4.73. The van der Waals surface area contributed by atoms with Crippen LogP contribution < -0.4 is 0 Å². The lowest BCUT2D eigenvalue weighted by Gasteiger charge is -2.04. The Balaban J connectivity index is 2.55. The maximum atomic E-state index is 8.80. The van der Waals surface area contributed by atoms with Crippen molar-refractivity contribution in [1.82, 2.24) is 4.98 Å². The van der Waals surface area contributed by atoms with Crippen molar-refractivity contribution in [1.29, 1.82) is 5.26 Å². The molecule has 0 unspecified atom stereocenters. The zero-order valence-electron chi connectivity index (χ0n) is 8.44. The molecule has 0 atom stereocenters. The highest BCUT2D eigenvalue weighted by atomic mass is 14.7. The highest BCUT2D eigenvalue weighted by Gasteiger charge is 2.02. The topological polar surface area (TPSA) is 36.7 Å². The summed E-state index contributed by atoms with van der Waals surface area (Å²) >= 11 is 0. The summed E-state index contributed by atoms with van der Waals surface area (Å²) in [6.07, 6.45) is 1.67. The first-order valence-corrected chi connectivity index (χ1v) is 4.73. The third-order valence-electron chi connectivity index (χ3n) is 2.31. The molecule has 1 heterocycles. The van der Waals surface area contributed by atoms with Crippen LogP contribution in [-0.4, -0.2) is 4.98 Å². The standard InChI is InChI=1S/C13H10N2/c1-10-4-2-3-5-12(10)13-8-11(9-14)6-7-15-13/h2-8H,1H3. The molecule has 2 nitrogen and oxygen atoms in total. The molecule has 0 spiro atoms. The summed E-state index contributed by atoms with van der Waals surface area (Å²) in [5, 5.41) is 8.80. The molecule has 2 rings (SSSR count). The van der Waals surface area contributed by atoms with Gasteiger partial charge in [-0.3, -0.25) is 4.98 Å². The van der Waals surface area contributed by atoms with Crippen molar-refractivity contribution in [3.05, 3.63) is 53.7 Å². The molecule has 2 heteroatoms. The van der Waals surface area contributed by atoms with Crippen LogP contribution in [0, 0.1) is 18.3 Å². The molecule has 0 aliphatic heterocycles. The summed E-state index contributed by atoms with van der Waals surface area (Å²) in [5.74, 6) is 0. The van der Waals surface area contributed by atoms with Gasteiger partial charge in [0.25, 0.3) is 0 Å². The number of aromatic nitrogens is 1. The second kappa shape index (κ2) is 3.93. The van der Waals surface area contributed by atoms with Crippen molar-refractivity contribution in [3.63, 3.8) is 0 Å². The predicted molar refractivity (Wildman–Crippen MR) is 59.1 cm³/mol. The summed E-state index contributed by atoms with van der Waals surface area (Å²) in [5.41, 5.74) is 3.74. The fourth-order valence-corrected chi connectivity index (χ4v) is 1.51. The number of nitrogens with zero attached hydrogens (tertiary/aromatic N) is 2. The molecule has 0 fully saturated rings. The van der Waals surface area contributed by atoms with Gasteiger partial charge in [-0.25, -0.2) is 0 Å². The maximum Gasteiger partial charge on any atom is 0.0992 e. The number of benzene rings is 1. The molecule has 0 amide bonds. The lowest BCUT2D eigenvalue weighted by atomic mass is 10.0. The van der Waals surface area contributed by atoms with Crippen molar-refractivity contribution in [2.45, 2.75) is 6.92 Å². The van der Waals surface area contributed by atoms with Crippen LogP contribution in [0.1, 0.15) is 11.1 Å². The van der Waals surface area contributed by atoms with Crippen molar-refractivity contribution < 1.29 is 0 Å². The van der Waals surface area contributed by atoms with Gasteiger partial charge in [-0.15, -0.1) is 0 Å². The van der Waals surface area contributed by atoms with E-state index in [0.717, 1.165) is 11.3 Å². The second-order valence-electron chi connectivity index (χ2n) is 3.36. The molecule has 1 aromatic carbocycles. The van der Waals surface area contributed by atoms with E-state index in [1.165, 1.54) is 5.56 Å². The molecule has 0 saturated carbocycles. The van der Waals surface area contributed by atoms with Crippen LogP contribution in [-0.2, 0) is 0 Å². The molecule has 1 aromatic heterocycles. The zero-order valence-corrected chi connectivity index (χ0v) is 8.44. The normalized spacial score (nSPS) is 9.60. The Morgan fingerprint density at radius 1 is 1.20 bits per heavy atom. The Labute approximate surface area is 88.8 Å². The molecular weight excluding hydrogens is 184 g/mol. The van der Waals surface area contributed by atoms with Gasteiger partial charge in [0.2, 0.25) is 0 Å². The van der Waals surface area contributed by atoms with Crippen molar-refractivity contribution in [2.24, 2.45) is 0 Å². The van der Waals surface area contributed by atoms with E-state index < -0.39 is 0 Å². The average molecular weight is 194 g/mol. The molecule has 0 radical (unpaired) electrons. The summed E-state index contributed by atoms with van der Waals surface area (Å²) in [6.45, 7) is 2.04. The summed E-state index contributed by atoms with van der Waals surface area (Å²) < 4.78 is 0. The van der Waals surface area contributed by atoms with Gasteiger partial charge in [0, 0.05) is 11.8 Å². The van der Waals surface area contributed by atoms with E-state index >= 15 is 0 Å². The number of aryl methyl sites for hydroxylation is 1. The van der Waals surface area contributed by atoms with Crippen LogP contribution in [0.25, 0.3) is 11.3 Å². The Morgan fingerprint density at radius 2 is 2.00 bits per heavy atom. The average Bonchev–Trinajstić information content (AvgIpc) is 2.30. The Kier molecular flexibility index (Phi) is 2.47. The SMILES string of the molecule is Cc1ccccc1-c1cc(C#N)ccn1. The molecule has 15 heavy (non-hydrogen) atoms. The highest BCUT2D eigenvalue weighted by Crippen LogP contribution is 2.21. The number of pyridine rings is 1. The van der Waals surface area contributed by atoms with Gasteiger partial charge in [-0.2, -0.15) is 5.26 Å². The van der Waals surface area contributed by atoms with Crippen LogP contribution in [0.4, 0.5) is 0 Å². The van der Waals surface area contributed by atoms with Gasteiger partial charge >= 0.3 is 0 Å². The first kappa shape index (κ1) is 9.42. The Hall–Kier alpha value is -2.14. The van der Waals surface area contributed by atoms with E-state index in [2.05, 4.69) is 11.1 Å². The fraction of sp³-hybridized carbons (Fsp3) is 0.0769. The van der Waals surface area contributed by atoms with Crippen molar-refractivity contribution in [2.75, 3.05) is 0 Å². The van der Waals surface area contributed by atoms with Gasteiger partial charge in [-0.1, -0.05) is 24.3 Å². The minimum absolute atomic E-state index is 0.642. The molecule has 0 aliphatic carbocycles. The van der Waals surface area contributed by atoms with Crippen LogP contribution in [0.3, 0.4) is 0 Å². The molecule has 0 bridgehead atoms. The fourth-order valence-electron chi connectivity index (χ4n) is 1.51. The van der Waals surface area contributed by atoms with Gasteiger partial charge in [0.1, 0.15) is 0 Å². The predicted octanol–water partition coefficient (Wildman–Crippen LogP) is 2.93. The third-order valence-corrected chi connectivity index (χ3v) is 2.31. The number of nitriles is 1. The molecular formula is C13H10N2. The van der Waals surface area contributed by atoms with Gasteiger partial charge in [0.15, 0.2) is 0 Å². The largest absolute Gasteiger partial charge is 0.256 e. The van der Waals surface area contributed by atoms with E-state index in [4.69, 9.17) is 5.26 Å². The third kappa shape index (κ3) is 1.87. The van der Waals surface area contributed by atoms with E-state index in [9.17, 15) is 0 Å². The van der Waals surface area contributed by atoms with Gasteiger partial charge in [-0.05, 0) is 24.6 Å². The van der Waals surface area contributed by atoms with Crippen molar-refractivity contribution in [3.8, 4) is 17.3 Å². The second-order valence-corrected chi connectivity index (χ2v) is 3.36. The van der Waals surface area contributed by atoms with Gasteiger partial charge < -0.3 is 0 Å². The number of rotatable bonds is 1. The molecule has 72 valence electrons. The summed E-state index contributed by atoms with van der Waals surface area (Å²) in [4.78, 5) is 4.27. The van der Waals surface area contributed by atoms with Crippen LogP contribution in [0.5, 0.6) is 0 Å². The summed E-state index contributed by atoms with van der Waals surface area (Å²) in [6, 6.07) is 13.7. The lowest BCUT2D eigenvalue weighted by molar-refractivity contribution is 1.29.